The van der Waals surface area contributed by atoms with Crippen molar-refractivity contribution in [1.82, 2.24) is 15.1 Å². The lowest BCUT2D eigenvalue weighted by Crippen LogP contribution is -2.43. The van der Waals surface area contributed by atoms with Crippen molar-refractivity contribution in [3.63, 3.8) is 0 Å². The summed E-state index contributed by atoms with van der Waals surface area (Å²) in [7, 11) is 0. The molecule has 0 spiro atoms. The van der Waals surface area contributed by atoms with Crippen molar-refractivity contribution in [3.05, 3.63) is 47.8 Å². The minimum Gasteiger partial charge on any atom is -0.370 e. The zero-order chi connectivity index (χ0) is 21.8. The fourth-order valence-electron chi connectivity index (χ4n) is 3.92. The first-order valence-electron chi connectivity index (χ1n) is 10.6. The monoisotopic (exact) mass is 412 g/mol. The van der Waals surface area contributed by atoms with E-state index in [2.05, 4.69) is 29.6 Å². The summed E-state index contributed by atoms with van der Waals surface area (Å²) in [4.78, 5) is 24.3. The Morgan fingerprint density at radius 2 is 1.93 bits per heavy atom. The zero-order valence-electron chi connectivity index (χ0n) is 18.4. The van der Waals surface area contributed by atoms with Gasteiger partial charge in [0.25, 0.3) is 5.91 Å². The van der Waals surface area contributed by atoms with E-state index in [4.69, 9.17) is 4.74 Å². The first kappa shape index (κ1) is 22.0. The highest BCUT2D eigenvalue weighted by molar-refractivity contribution is 6.03. The third-order valence-corrected chi connectivity index (χ3v) is 5.41. The number of nitrogens with one attached hydrogen (secondary N) is 2. The number of carbonyl (C=O) groups is 2. The van der Waals surface area contributed by atoms with E-state index in [1.807, 2.05) is 38.1 Å². The van der Waals surface area contributed by atoms with Crippen LogP contribution in [0.15, 0.2) is 36.5 Å². The molecule has 1 aromatic carbocycles. The molecule has 1 aliphatic heterocycles. The lowest BCUT2D eigenvalue weighted by atomic mass is 9.89. The fourth-order valence-corrected chi connectivity index (χ4v) is 3.92. The van der Waals surface area contributed by atoms with E-state index in [-0.39, 0.29) is 36.1 Å². The van der Waals surface area contributed by atoms with Gasteiger partial charge in [0.2, 0.25) is 5.91 Å². The number of nitrogens with zero attached hydrogens (tertiary/aromatic N) is 2. The van der Waals surface area contributed by atoms with Crippen molar-refractivity contribution in [3.8, 4) is 0 Å². The Balaban J connectivity index is 1.77. The van der Waals surface area contributed by atoms with Gasteiger partial charge in [-0.2, -0.15) is 5.10 Å². The highest BCUT2D eigenvalue weighted by Gasteiger charge is 2.32. The average molecular weight is 413 g/mol. The molecule has 0 aliphatic carbocycles. The maximum absolute atomic E-state index is 12.8. The molecular weight excluding hydrogens is 380 g/mol. The molecule has 2 amide bonds. The van der Waals surface area contributed by atoms with Gasteiger partial charge in [0.15, 0.2) is 0 Å². The molecule has 3 atom stereocenters. The Kier molecular flexibility index (Phi) is 6.92. The Bertz CT molecular complexity index is 890. The molecule has 30 heavy (non-hydrogen) atoms. The second kappa shape index (κ2) is 9.43. The second-order valence-corrected chi connectivity index (χ2v) is 8.61. The first-order chi connectivity index (χ1) is 14.2. The predicted molar refractivity (Wildman–Crippen MR) is 116 cm³/mol. The lowest BCUT2D eigenvalue weighted by molar-refractivity contribution is -0.123. The van der Waals surface area contributed by atoms with Crippen LogP contribution in [-0.4, -0.2) is 33.7 Å². The number of ether oxygens (including phenoxy) is 1. The summed E-state index contributed by atoms with van der Waals surface area (Å²) in [6.45, 7) is 9.79. The van der Waals surface area contributed by atoms with Gasteiger partial charge in [-0.3, -0.25) is 14.3 Å². The van der Waals surface area contributed by atoms with Crippen LogP contribution >= 0.6 is 0 Å². The van der Waals surface area contributed by atoms with Crippen molar-refractivity contribution in [2.45, 2.75) is 71.8 Å². The molecule has 1 aliphatic rings. The van der Waals surface area contributed by atoms with E-state index >= 15 is 0 Å². The van der Waals surface area contributed by atoms with Gasteiger partial charge in [0.05, 0.1) is 12.2 Å². The van der Waals surface area contributed by atoms with Gasteiger partial charge in [0, 0.05) is 30.9 Å². The Morgan fingerprint density at radius 3 is 2.60 bits per heavy atom. The van der Waals surface area contributed by atoms with Crippen molar-refractivity contribution in [1.29, 1.82) is 0 Å². The Labute approximate surface area is 178 Å². The van der Waals surface area contributed by atoms with Crippen molar-refractivity contribution in [2.75, 3.05) is 5.32 Å². The van der Waals surface area contributed by atoms with Crippen molar-refractivity contribution in [2.24, 2.45) is 5.92 Å². The van der Waals surface area contributed by atoms with Crippen LogP contribution in [-0.2, 0) is 9.53 Å². The van der Waals surface area contributed by atoms with E-state index in [0.717, 1.165) is 12.0 Å². The number of anilines is 1. The van der Waals surface area contributed by atoms with Gasteiger partial charge in [-0.15, -0.1) is 0 Å². The van der Waals surface area contributed by atoms with E-state index < -0.39 is 0 Å². The number of aromatic nitrogens is 2. The zero-order valence-corrected chi connectivity index (χ0v) is 18.4. The largest absolute Gasteiger partial charge is 0.370 e. The van der Waals surface area contributed by atoms with Crippen molar-refractivity contribution < 1.29 is 14.3 Å². The number of amides is 2. The Morgan fingerprint density at radius 1 is 1.17 bits per heavy atom. The van der Waals surface area contributed by atoms with E-state index in [9.17, 15) is 9.59 Å². The maximum atomic E-state index is 12.8. The molecule has 1 fully saturated rings. The lowest BCUT2D eigenvalue weighted by Gasteiger charge is -2.38. The molecule has 1 saturated heterocycles. The maximum Gasteiger partial charge on any atom is 0.273 e. The molecule has 2 N–H and O–H groups in total. The number of hydrogen-bond donors (Lipinski definition) is 2. The van der Waals surface area contributed by atoms with Crippen LogP contribution < -0.4 is 10.6 Å². The summed E-state index contributed by atoms with van der Waals surface area (Å²) >= 11 is 0. The molecule has 0 bridgehead atoms. The summed E-state index contributed by atoms with van der Waals surface area (Å²) < 4.78 is 8.05. The van der Waals surface area contributed by atoms with E-state index in [1.165, 1.54) is 0 Å². The van der Waals surface area contributed by atoms with Crippen LogP contribution in [0.2, 0.25) is 0 Å². The fraction of sp³-hybridized carbons (Fsp3) is 0.522. The van der Waals surface area contributed by atoms with Crippen LogP contribution in [0.4, 0.5) is 5.69 Å². The van der Waals surface area contributed by atoms with Crippen LogP contribution in [0.5, 0.6) is 0 Å². The highest BCUT2D eigenvalue weighted by Crippen LogP contribution is 2.35. The second-order valence-electron chi connectivity index (χ2n) is 8.61. The number of rotatable bonds is 6. The highest BCUT2D eigenvalue weighted by atomic mass is 16.5. The van der Waals surface area contributed by atoms with Gasteiger partial charge in [-0.1, -0.05) is 26.0 Å². The summed E-state index contributed by atoms with van der Waals surface area (Å²) in [6.07, 6.45) is 3.08. The first-order valence-corrected chi connectivity index (χ1v) is 10.6. The molecule has 2 heterocycles. The quantitative estimate of drug-likeness (QED) is 0.748. The van der Waals surface area contributed by atoms with Gasteiger partial charge < -0.3 is 15.4 Å². The van der Waals surface area contributed by atoms with Crippen LogP contribution in [0, 0.1) is 5.92 Å². The standard InChI is InChI=1S/C23H32N4O3/c1-14(2)21-12-19(25-16(5)28)13-22(30-21)17-7-6-8-18(11-17)26-23(29)20-9-10-24-27(20)15(3)4/h6-11,14-15,19,21-22H,12-13H2,1-5H3,(H,25,28)(H,26,29)/t19-,21-,22+/m1/s1. The van der Waals surface area contributed by atoms with Gasteiger partial charge in [0.1, 0.15) is 5.69 Å². The van der Waals surface area contributed by atoms with Gasteiger partial charge >= 0.3 is 0 Å². The SMILES string of the molecule is CC(=O)N[C@H]1C[C@@H](c2cccc(NC(=O)c3ccnn3C(C)C)c2)O[C@@H](C(C)C)C1. The average Bonchev–Trinajstić information content (AvgIpc) is 3.18. The normalized spacial score (nSPS) is 21.6. The molecule has 7 nitrogen and oxygen atoms in total. The van der Waals surface area contributed by atoms with Crippen LogP contribution in [0.25, 0.3) is 0 Å². The van der Waals surface area contributed by atoms with E-state index in [1.54, 1.807) is 23.9 Å². The van der Waals surface area contributed by atoms with Gasteiger partial charge in [-0.25, -0.2) is 0 Å². The minimum absolute atomic E-state index is 0.0223. The third-order valence-electron chi connectivity index (χ3n) is 5.41. The molecule has 3 rings (SSSR count). The summed E-state index contributed by atoms with van der Waals surface area (Å²) in [5.41, 5.74) is 2.22. The summed E-state index contributed by atoms with van der Waals surface area (Å²) in [6, 6.07) is 9.63. The van der Waals surface area contributed by atoms with E-state index in [0.29, 0.717) is 23.7 Å². The van der Waals surface area contributed by atoms with Gasteiger partial charge in [-0.05, 0) is 56.4 Å². The smallest absolute Gasteiger partial charge is 0.273 e. The van der Waals surface area contributed by atoms with Crippen LogP contribution in [0.3, 0.4) is 0 Å². The molecule has 0 saturated carbocycles. The van der Waals surface area contributed by atoms with Crippen LogP contribution in [0.1, 0.15) is 75.7 Å². The summed E-state index contributed by atoms with van der Waals surface area (Å²) in [5.74, 6) is 0.133. The molecule has 0 unspecified atom stereocenters. The molecular formula is C23H32N4O3. The predicted octanol–water partition coefficient (Wildman–Crippen LogP) is 4.10. The molecule has 162 valence electrons. The molecule has 7 heteroatoms. The van der Waals surface area contributed by atoms with Crippen molar-refractivity contribution >= 4 is 17.5 Å². The number of carbonyl (C=O) groups excluding carboxylic acids is 2. The minimum atomic E-state index is -0.195. The topological polar surface area (TPSA) is 85.3 Å². The molecule has 0 radical (unpaired) electrons. The summed E-state index contributed by atoms with van der Waals surface area (Å²) in [5, 5.41) is 10.2. The molecule has 1 aromatic heterocycles. The Hall–Kier alpha value is -2.67. The number of hydrogen-bond acceptors (Lipinski definition) is 4. The third kappa shape index (κ3) is 5.27. The molecule has 2 aromatic rings. The number of benzene rings is 1.